The van der Waals surface area contributed by atoms with E-state index >= 15 is 0 Å². The van der Waals surface area contributed by atoms with Crippen LogP contribution in [0.2, 0.25) is 0 Å². The molecule has 0 heterocycles. The molecule has 6 heteroatoms. The molecule has 0 aliphatic carbocycles. The molecule has 1 amide bonds. The molecule has 1 atom stereocenters. The third-order valence-corrected chi connectivity index (χ3v) is 3.72. The minimum Gasteiger partial charge on any atom is -0.479 e. The van der Waals surface area contributed by atoms with Gasteiger partial charge in [-0.15, -0.1) is 11.8 Å². The number of rotatable bonds is 6. The van der Waals surface area contributed by atoms with Crippen LogP contribution in [0.15, 0.2) is 29.2 Å². The van der Waals surface area contributed by atoms with E-state index in [4.69, 9.17) is 5.11 Å². The number of hydrogen-bond acceptors (Lipinski definition) is 4. The van der Waals surface area contributed by atoms with Crippen molar-refractivity contribution in [2.24, 2.45) is 0 Å². The fraction of sp³-hybridized carbons (Fsp3) is 0.385. The summed E-state index contributed by atoms with van der Waals surface area (Å²) in [6.45, 7) is 2.79. The van der Waals surface area contributed by atoms with E-state index < -0.39 is 11.6 Å². The van der Waals surface area contributed by atoms with E-state index in [9.17, 15) is 14.7 Å². The summed E-state index contributed by atoms with van der Waals surface area (Å²) in [5.41, 5.74) is -0.860. The van der Waals surface area contributed by atoms with Gasteiger partial charge in [-0.2, -0.15) is 0 Å². The van der Waals surface area contributed by atoms with Crippen molar-refractivity contribution in [1.29, 1.82) is 0 Å². The van der Waals surface area contributed by atoms with Crippen molar-refractivity contribution in [1.82, 2.24) is 5.32 Å². The number of carbonyl (C=O) groups excluding carboxylic acids is 1. The highest BCUT2D eigenvalue weighted by atomic mass is 32.2. The molecule has 0 aliphatic rings. The number of aliphatic hydroxyl groups is 1. The molecule has 19 heavy (non-hydrogen) atoms. The second-order valence-electron chi connectivity index (χ2n) is 4.41. The number of nitrogens with one attached hydrogen (secondary N) is 1. The van der Waals surface area contributed by atoms with Crippen LogP contribution < -0.4 is 5.32 Å². The van der Waals surface area contributed by atoms with Gasteiger partial charge in [0.2, 0.25) is 5.91 Å². The number of thioether (sulfide) groups is 1. The third-order valence-electron chi connectivity index (χ3n) is 2.54. The van der Waals surface area contributed by atoms with Crippen LogP contribution >= 0.6 is 11.8 Å². The highest BCUT2D eigenvalue weighted by Crippen LogP contribution is 2.21. The summed E-state index contributed by atoms with van der Waals surface area (Å²) in [6, 6.07) is 7.68. The first-order valence-electron chi connectivity index (χ1n) is 5.74. The lowest BCUT2D eigenvalue weighted by molar-refractivity contribution is -0.156. The van der Waals surface area contributed by atoms with Crippen LogP contribution in [0.4, 0.5) is 0 Å². The van der Waals surface area contributed by atoms with Crippen molar-refractivity contribution in [3.05, 3.63) is 29.8 Å². The highest BCUT2D eigenvalue weighted by Gasteiger charge is 2.30. The van der Waals surface area contributed by atoms with Crippen molar-refractivity contribution in [2.45, 2.75) is 24.3 Å². The largest absolute Gasteiger partial charge is 0.479 e. The van der Waals surface area contributed by atoms with Gasteiger partial charge in [0.05, 0.1) is 12.3 Å². The SMILES string of the molecule is Cc1ccccc1SCC(=O)NCC(C)(O)C(=O)O. The van der Waals surface area contributed by atoms with Gasteiger partial charge in [0.15, 0.2) is 5.60 Å². The van der Waals surface area contributed by atoms with E-state index in [-0.39, 0.29) is 18.2 Å². The Morgan fingerprint density at radius 3 is 2.58 bits per heavy atom. The maximum absolute atomic E-state index is 11.6. The molecule has 1 aromatic carbocycles. The zero-order chi connectivity index (χ0) is 14.5. The Labute approximate surface area is 116 Å². The van der Waals surface area contributed by atoms with Crippen LogP contribution in [0.25, 0.3) is 0 Å². The van der Waals surface area contributed by atoms with Gasteiger partial charge in [-0.05, 0) is 25.5 Å². The zero-order valence-electron chi connectivity index (χ0n) is 10.8. The number of hydrogen-bond donors (Lipinski definition) is 3. The normalized spacial score (nSPS) is 13.6. The molecule has 104 valence electrons. The number of aryl methyl sites for hydroxylation is 1. The molecule has 0 fully saturated rings. The van der Waals surface area contributed by atoms with Gasteiger partial charge in [-0.25, -0.2) is 4.79 Å². The lowest BCUT2D eigenvalue weighted by Crippen LogP contribution is -2.46. The van der Waals surface area contributed by atoms with E-state index in [1.54, 1.807) is 0 Å². The topological polar surface area (TPSA) is 86.6 Å². The van der Waals surface area contributed by atoms with Crippen LogP contribution in [-0.4, -0.2) is 40.0 Å². The fourth-order valence-electron chi connectivity index (χ4n) is 1.26. The Balaban J connectivity index is 2.41. The van der Waals surface area contributed by atoms with E-state index in [2.05, 4.69) is 5.32 Å². The predicted molar refractivity (Wildman–Crippen MR) is 73.2 cm³/mol. The number of carboxylic acids is 1. The fourth-order valence-corrected chi connectivity index (χ4v) is 2.12. The van der Waals surface area contributed by atoms with Crippen LogP contribution in [0.1, 0.15) is 12.5 Å². The van der Waals surface area contributed by atoms with Gasteiger partial charge in [-0.1, -0.05) is 18.2 Å². The van der Waals surface area contributed by atoms with Crippen LogP contribution in [0, 0.1) is 6.92 Å². The van der Waals surface area contributed by atoms with Gasteiger partial charge in [0, 0.05) is 4.90 Å². The number of amides is 1. The first-order chi connectivity index (χ1) is 8.83. The molecule has 1 aromatic rings. The predicted octanol–water partition coefficient (Wildman–Crippen LogP) is 1.04. The first-order valence-corrected chi connectivity index (χ1v) is 6.72. The molecule has 1 rings (SSSR count). The number of carboxylic acid groups (broad SMARTS) is 1. The number of benzene rings is 1. The quantitative estimate of drug-likeness (QED) is 0.679. The van der Waals surface area contributed by atoms with Crippen LogP contribution in [-0.2, 0) is 9.59 Å². The molecule has 0 aromatic heterocycles. The summed E-state index contributed by atoms with van der Waals surface area (Å²) in [5, 5.41) is 20.5. The molecule has 0 bridgehead atoms. The average Bonchev–Trinajstić information content (AvgIpc) is 2.35. The summed E-state index contributed by atoms with van der Waals surface area (Å²) < 4.78 is 0. The molecule has 0 spiro atoms. The van der Waals surface area contributed by atoms with Crippen molar-refractivity contribution in [3.63, 3.8) is 0 Å². The van der Waals surface area contributed by atoms with Crippen molar-refractivity contribution >= 4 is 23.6 Å². The van der Waals surface area contributed by atoms with Gasteiger partial charge in [-0.3, -0.25) is 4.79 Å². The molecule has 0 aliphatic heterocycles. The molecule has 0 saturated heterocycles. The molecule has 1 unspecified atom stereocenters. The van der Waals surface area contributed by atoms with Crippen molar-refractivity contribution in [2.75, 3.05) is 12.3 Å². The molecular weight excluding hydrogens is 266 g/mol. The van der Waals surface area contributed by atoms with Crippen molar-refractivity contribution in [3.8, 4) is 0 Å². The summed E-state index contributed by atoms with van der Waals surface area (Å²) in [4.78, 5) is 23.2. The number of carbonyl (C=O) groups is 2. The second-order valence-corrected chi connectivity index (χ2v) is 5.43. The van der Waals surface area contributed by atoms with E-state index in [0.717, 1.165) is 17.4 Å². The Morgan fingerprint density at radius 2 is 2.00 bits per heavy atom. The maximum Gasteiger partial charge on any atom is 0.337 e. The Hall–Kier alpha value is -1.53. The van der Waals surface area contributed by atoms with Crippen LogP contribution in [0.3, 0.4) is 0 Å². The minimum absolute atomic E-state index is 0.181. The van der Waals surface area contributed by atoms with E-state index in [1.807, 2.05) is 31.2 Å². The van der Waals surface area contributed by atoms with Gasteiger partial charge in [0.1, 0.15) is 0 Å². The Morgan fingerprint density at radius 1 is 1.37 bits per heavy atom. The van der Waals surface area contributed by atoms with Gasteiger partial charge in [0.25, 0.3) is 0 Å². The summed E-state index contributed by atoms with van der Waals surface area (Å²) in [5.74, 6) is -1.49. The first kappa shape index (κ1) is 15.5. The summed E-state index contributed by atoms with van der Waals surface area (Å²) in [7, 11) is 0. The molecule has 3 N–H and O–H groups in total. The molecule has 0 saturated carbocycles. The third kappa shape index (κ3) is 4.92. The number of aliphatic carboxylic acids is 1. The smallest absolute Gasteiger partial charge is 0.337 e. The Kier molecular flexibility index (Phi) is 5.38. The van der Waals surface area contributed by atoms with Crippen LogP contribution in [0.5, 0.6) is 0 Å². The molecular formula is C13H17NO4S. The summed E-state index contributed by atoms with van der Waals surface area (Å²) >= 11 is 1.37. The molecule has 5 nitrogen and oxygen atoms in total. The average molecular weight is 283 g/mol. The summed E-state index contributed by atoms with van der Waals surface area (Å²) in [6.07, 6.45) is 0. The maximum atomic E-state index is 11.6. The Bertz CT molecular complexity index is 473. The van der Waals surface area contributed by atoms with E-state index in [1.165, 1.54) is 11.8 Å². The lowest BCUT2D eigenvalue weighted by atomic mass is 10.1. The lowest BCUT2D eigenvalue weighted by Gasteiger charge is -2.18. The second kappa shape index (κ2) is 6.58. The monoisotopic (exact) mass is 283 g/mol. The standard InChI is InChI=1S/C13H17NO4S/c1-9-5-3-4-6-10(9)19-7-11(15)14-8-13(2,18)12(16)17/h3-6,18H,7-8H2,1-2H3,(H,14,15)(H,16,17). The van der Waals surface area contributed by atoms with Crippen molar-refractivity contribution < 1.29 is 19.8 Å². The van der Waals surface area contributed by atoms with E-state index in [0.29, 0.717) is 0 Å². The molecule has 0 radical (unpaired) electrons. The van der Waals surface area contributed by atoms with Gasteiger partial charge >= 0.3 is 5.97 Å². The highest BCUT2D eigenvalue weighted by molar-refractivity contribution is 8.00. The van der Waals surface area contributed by atoms with Gasteiger partial charge < -0.3 is 15.5 Å². The zero-order valence-corrected chi connectivity index (χ0v) is 11.7. The minimum atomic E-state index is -1.94.